The third kappa shape index (κ3) is 4.77. The molecule has 0 bridgehead atoms. The molecule has 1 aliphatic rings. The van der Waals surface area contributed by atoms with Crippen molar-refractivity contribution < 1.29 is 27.3 Å². The van der Waals surface area contributed by atoms with Crippen LogP contribution in [0.5, 0.6) is 0 Å². The van der Waals surface area contributed by atoms with E-state index >= 15 is 0 Å². The molecular formula is C24H25F3N4O3. The van der Waals surface area contributed by atoms with Crippen LogP contribution < -0.4 is 0 Å². The Bertz CT molecular complexity index is 1200. The highest BCUT2D eigenvalue weighted by Gasteiger charge is 2.31. The van der Waals surface area contributed by atoms with Gasteiger partial charge in [-0.05, 0) is 51.1 Å². The second kappa shape index (κ2) is 9.09. The van der Waals surface area contributed by atoms with E-state index in [1.807, 2.05) is 29.4 Å². The summed E-state index contributed by atoms with van der Waals surface area (Å²) < 4.78 is 45.3. The fraction of sp³-hybridized carbons (Fsp3) is 0.375. The molecule has 0 aliphatic carbocycles. The topological polar surface area (TPSA) is 71.6 Å². The van der Waals surface area contributed by atoms with Crippen molar-refractivity contribution in [3.63, 3.8) is 0 Å². The number of carbonyl (C=O) groups is 2. The van der Waals surface area contributed by atoms with Crippen molar-refractivity contribution in [3.8, 4) is 5.82 Å². The fourth-order valence-electron chi connectivity index (χ4n) is 4.24. The molecule has 4 rings (SSSR count). The fourth-order valence-corrected chi connectivity index (χ4v) is 4.24. The lowest BCUT2D eigenvalue weighted by Gasteiger charge is -2.34. The van der Waals surface area contributed by atoms with Crippen LogP contribution in [0.4, 0.5) is 13.2 Å². The maximum atomic E-state index is 13.0. The summed E-state index contributed by atoms with van der Waals surface area (Å²) in [5.41, 5.74) is 1.70. The number of piperazine rings is 1. The second-order valence-corrected chi connectivity index (χ2v) is 8.48. The third-order valence-corrected chi connectivity index (χ3v) is 6.06. The van der Waals surface area contributed by atoms with E-state index in [0.29, 0.717) is 43.3 Å². The minimum absolute atomic E-state index is 0.0258. The molecule has 3 heterocycles. The number of aryl methyl sites for hydroxylation is 2. The number of Topliss-reactive ketones (excluding diaryl/α,β-unsaturated/α-hetero) is 1. The van der Waals surface area contributed by atoms with Gasteiger partial charge in [0, 0.05) is 54.8 Å². The molecule has 1 fully saturated rings. The van der Waals surface area contributed by atoms with Crippen LogP contribution in [0.25, 0.3) is 5.82 Å². The molecule has 1 aromatic carbocycles. The summed E-state index contributed by atoms with van der Waals surface area (Å²) >= 11 is 0. The van der Waals surface area contributed by atoms with Crippen LogP contribution >= 0.6 is 0 Å². The Morgan fingerprint density at radius 3 is 2.21 bits per heavy atom. The Balaban J connectivity index is 1.36. The second-order valence-electron chi connectivity index (χ2n) is 8.48. The number of ketones is 1. The zero-order valence-corrected chi connectivity index (χ0v) is 19.1. The van der Waals surface area contributed by atoms with Crippen molar-refractivity contribution in [1.82, 2.24) is 19.5 Å². The van der Waals surface area contributed by atoms with Gasteiger partial charge in [-0.25, -0.2) is 0 Å². The van der Waals surface area contributed by atoms with Gasteiger partial charge in [0.1, 0.15) is 5.76 Å². The summed E-state index contributed by atoms with van der Waals surface area (Å²) in [4.78, 5) is 29.3. The Labute approximate surface area is 194 Å². The molecule has 0 atom stereocenters. The molecule has 7 nitrogen and oxygen atoms in total. The van der Waals surface area contributed by atoms with Gasteiger partial charge in [0.25, 0.3) is 5.91 Å². The monoisotopic (exact) mass is 474 g/mol. The van der Waals surface area contributed by atoms with E-state index in [0.717, 1.165) is 23.5 Å². The summed E-state index contributed by atoms with van der Waals surface area (Å²) in [5.74, 6) is 0.967. The number of benzene rings is 1. The number of hydrogen-bond acceptors (Lipinski definition) is 5. The highest BCUT2D eigenvalue weighted by Crippen LogP contribution is 2.29. The van der Waals surface area contributed by atoms with Crippen LogP contribution in [-0.4, -0.2) is 63.9 Å². The van der Waals surface area contributed by atoms with Crippen molar-refractivity contribution in [2.24, 2.45) is 0 Å². The zero-order valence-electron chi connectivity index (χ0n) is 19.1. The molecule has 1 aliphatic heterocycles. The number of rotatable bonds is 5. The Kier molecular flexibility index (Phi) is 6.35. The quantitative estimate of drug-likeness (QED) is 0.522. The van der Waals surface area contributed by atoms with Crippen molar-refractivity contribution >= 4 is 11.7 Å². The molecule has 34 heavy (non-hydrogen) atoms. The molecule has 0 N–H and O–H groups in total. The molecule has 0 spiro atoms. The zero-order chi connectivity index (χ0) is 24.6. The van der Waals surface area contributed by atoms with Crippen LogP contribution in [0.3, 0.4) is 0 Å². The van der Waals surface area contributed by atoms with E-state index in [1.165, 1.54) is 12.1 Å². The largest absolute Gasteiger partial charge is 0.416 e. The van der Waals surface area contributed by atoms with E-state index in [2.05, 4.69) is 5.16 Å². The van der Waals surface area contributed by atoms with E-state index in [-0.39, 0.29) is 23.8 Å². The number of aromatic nitrogens is 2. The SMILES string of the molecule is Cc1cc(-n2c(C)cc(C(=O)CN3CCN(C(=O)c4ccc(C(F)(F)F)cc4)CC3)c2C)no1. The summed E-state index contributed by atoms with van der Waals surface area (Å²) in [6, 6.07) is 7.88. The number of hydrogen-bond donors (Lipinski definition) is 0. The van der Waals surface area contributed by atoms with Gasteiger partial charge in [-0.3, -0.25) is 19.1 Å². The average Bonchev–Trinajstić information content (AvgIpc) is 3.35. The third-order valence-electron chi connectivity index (χ3n) is 6.06. The Morgan fingerprint density at radius 2 is 1.65 bits per heavy atom. The first-order valence-electron chi connectivity index (χ1n) is 10.9. The van der Waals surface area contributed by atoms with Crippen LogP contribution in [-0.2, 0) is 6.18 Å². The molecule has 1 saturated heterocycles. The van der Waals surface area contributed by atoms with E-state index in [9.17, 15) is 22.8 Å². The smallest absolute Gasteiger partial charge is 0.360 e. The number of alkyl halides is 3. The van der Waals surface area contributed by atoms with Crippen LogP contribution in [0.1, 0.15) is 43.4 Å². The standard InChI is InChI=1S/C24H25F3N4O3/c1-15-12-20(17(3)31(15)22-13-16(2)34-28-22)21(32)14-29-8-10-30(11-9-29)23(33)18-4-6-19(7-5-18)24(25,26)27/h4-7,12-13H,8-11,14H2,1-3H3. The van der Waals surface area contributed by atoms with Crippen LogP contribution in [0.15, 0.2) is 40.9 Å². The van der Waals surface area contributed by atoms with Gasteiger partial charge in [-0.2, -0.15) is 13.2 Å². The average molecular weight is 474 g/mol. The van der Waals surface area contributed by atoms with Crippen LogP contribution in [0, 0.1) is 20.8 Å². The molecule has 0 saturated carbocycles. The first-order chi connectivity index (χ1) is 16.0. The van der Waals surface area contributed by atoms with Gasteiger partial charge in [0.15, 0.2) is 11.6 Å². The summed E-state index contributed by atoms with van der Waals surface area (Å²) in [7, 11) is 0. The summed E-state index contributed by atoms with van der Waals surface area (Å²) in [6.07, 6.45) is -4.44. The van der Waals surface area contributed by atoms with Crippen molar-refractivity contribution in [3.05, 3.63) is 70.2 Å². The van der Waals surface area contributed by atoms with Crippen molar-refractivity contribution in [2.45, 2.75) is 26.9 Å². The number of carbonyl (C=O) groups excluding carboxylic acids is 2. The molecular weight excluding hydrogens is 449 g/mol. The van der Waals surface area contributed by atoms with Crippen molar-refractivity contribution in [1.29, 1.82) is 0 Å². The van der Waals surface area contributed by atoms with Crippen LogP contribution in [0.2, 0.25) is 0 Å². The highest BCUT2D eigenvalue weighted by atomic mass is 19.4. The molecule has 2 aromatic heterocycles. The predicted molar refractivity (Wildman–Crippen MR) is 118 cm³/mol. The summed E-state index contributed by atoms with van der Waals surface area (Å²) in [6.45, 7) is 7.57. The predicted octanol–water partition coefficient (Wildman–Crippen LogP) is 4.05. The van der Waals surface area contributed by atoms with Gasteiger partial charge < -0.3 is 9.42 Å². The van der Waals surface area contributed by atoms with Crippen molar-refractivity contribution in [2.75, 3.05) is 32.7 Å². The molecule has 1 amide bonds. The first-order valence-corrected chi connectivity index (χ1v) is 10.9. The van der Waals surface area contributed by atoms with Gasteiger partial charge in [0.05, 0.1) is 12.1 Å². The molecule has 0 radical (unpaired) electrons. The number of halogens is 3. The lowest BCUT2D eigenvalue weighted by molar-refractivity contribution is -0.137. The molecule has 0 unspecified atom stereocenters. The molecule has 10 heteroatoms. The first kappa shape index (κ1) is 23.7. The number of nitrogens with zero attached hydrogens (tertiary/aromatic N) is 4. The maximum Gasteiger partial charge on any atom is 0.416 e. The van der Waals surface area contributed by atoms with Gasteiger partial charge in [-0.1, -0.05) is 5.16 Å². The van der Waals surface area contributed by atoms with E-state index in [4.69, 9.17) is 4.52 Å². The Hall–Kier alpha value is -3.40. The molecule has 3 aromatic rings. The minimum atomic E-state index is -4.44. The van der Waals surface area contributed by atoms with Gasteiger partial charge in [-0.15, -0.1) is 0 Å². The number of amides is 1. The minimum Gasteiger partial charge on any atom is -0.360 e. The van der Waals surface area contributed by atoms with Gasteiger partial charge in [0.2, 0.25) is 0 Å². The molecule has 180 valence electrons. The van der Waals surface area contributed by atoms with E-state index < -0.39 is 11.7 Å². The normalized spacial score (nSPS) is 15.1. The maximum absolute atomic E-state index is 13.0. The lowest BCUT2D eigenvalue weighted by atomic mass is 10.1. The van der Waals surface area contributed by atoms with E-state index in [1.54, 1.807) is 17.9 Å². The lowest BCUT2D eigenvalue weighted by Crippen LogP contribution is -2.49. The highest BCUT2D eigenvalue weighted by molar-refractivity contribution is 5.99. The van der Waals surface area contributed by atoms with Gasteiger partial charge >= 0.3 is 6.18 Å². The Morgan fingerprint density at radius 1 is 1.00 bits per heavy atom. The summed E-state index contributed by atoms with van der Waals surface area (Å²) in [5, 5.41) is 4.04.